The smallest absolute Gasteiger partial charge is 0.00941 e. The lowest BCUT2D eigenvalue weighted by Crippen LogP contribution is -2.00. The van der Waals surface area contributed by atoms with Crippen LogP contribution in [0.4, 0.5) is 0 Å². The molecule has 44 valence electrons. The second-order valence-electron chi connectivity index (χ2n) is 4.58. The molecule has 6 aliphatic rings. The van der Waals surface area contributed by atoms with Crippen LogP contribution < -0.4 is 0 Å². The minimum Gasteiger partial charge on any atom is -0.0624 e. The van der Waals surface area contributed by atoms with Gasteiger partial charge < -0.3 is 0 Å². The number of hydrogen-bond acceptors (Lipinski definition) is 0. The van der Waals surface area contributed by atoms with Gasteiger partial charge in [0.1, 0.15) is 0 Å². The summed E-state index contributed by atoms with van der Waals surface area (Å²) in [6.45, 7) is 0. The molecule has 4 fully saturated rings. The zero-order valence-corrected chi connectivity index (χ0v) is 5.17. The Morgan fingerprint density at radius 1 is 0.778 bits per heavy atom. The lowest BCUT2D eigenvalue weighted by Gasteiger charge is -2.01. The normalized spacial score (nSPS) is 82.7. The zero-order chi connectivity index (χ0) is 5.33. The average molecular weight is 116 g/mol. The molecule has 6 atom stereocenters. The van der Waals surface area contributed by atoms with Gasteiger partial charge in [-0.2, -0.15) is 0 Å². The maximum atomic E-state index is 1.99. The van der Waals surface area contributed by atoms with Crippen molar-refractivity contribution in [3.05, 3.63) is 11.1 Å². The fraction of sp³-hybridized carbons (Fsp3) is 0.778. The van der Waals surface area contributed by atoms with E-state index in [0.29, 0.717) is 0 Å². The third kappa shape index (κ3) is 0.133. The fourth-order valence-corrected chi connectivity index (χ4v) is 4.71. The first-order valence-electron chi connectivity index (χ1n) is 4.22. The molecule has 0 nitrogen and oxygen atoms in total. The summed E-state index contributed by atoms with van der Waals surface area (Å²) in [4.78, 5) is 0. The van der Waals surface area contributed by atoms with Crippen molar-refractivity contribution in [3.8, 4) is 0 Å². The minimum atomic E-state index is 1.19. The van der Waals surface area contributed by atoms with Crippen LogP contribution in [0.2, 0.25) is 0 Å². The molecule has 0 aliphatic heterocycles. The molecular weight excluding hydrogens is 108 g/mol. The van der Waals surface area contributed by atoms with E-state index in [2.05, 4.69) is 0 Å². The SMILES string of the molecule is C1C2[C@H]3C4=C5[C@@H]2[C@@H]5C1[C@H]43. The van der Waals surface area contributed by atoms with Gasteiger partial charge in [-0.15, -0.1) is 0 Å². The lowest BCUT2D eigenvalue weighted by molar-refractivity contribution is 0.434. The first kappa shape index (κ1) is 3.23. The van der Waals surface area contributed by atoms with Gasteiger partial charge in [0, 0.05) is 0 Å². The molecule has 2 unspecified atom stereocenters. The fourth-order valence-electron chi connectivity index (χ4n) is 4.71. The lowest BCUT2D eigenvalue weighted by atomic mass is 10.0. The van der Waals surface area contributed by atoms with Crippen LogP contribution in [0.1, 0.15) is 6.42 Å². The molecule has 0 N–H and O–H groups in total. The second kappa shape index (κ2) is 0.574. The Morgan fingerprint density at radius 2 is 1.22 bits per heavy atom. The molecule has 0 aromatic carbocycles. The van der Waals surface area contributed by atoms with Crippen LogP contribution in [-0.2, 0) is 0 Å². The van der Waals surface area contributed by atoms with E-state index in [-0.39, 0.29) is 0 Å². The molecule has 6 aliphatic carbocycles. The summed E-state index contributed by atoms with van der Waals surface area (Å²) in [5.41, 5.74) is 3.98. The van der Waals surface area contributed by atoms with Crippen molar-refractivity contribution in [2.24, 2.45) is 35.5 Å². The van der Waals surface area contributed by atoms with Crippen molar-refractivity contribution in [2.45, 2.75) is 6.42 Å². The van der Waals surface area contributed by atoms with Gasteiger partial charge in [-0.3, -0.25) is 0 Å². The van der Waals surface area contributed by atoms with Crippen molar-refractivity contribution < 1.29 is 0 Å². The molecule has 6 rings (SSSR count). The summed E-state index contributed by atoms with van der Waals surface area (Å²) in [5, 5.41) is 0. The third-order valence-electron chi connectivity index (χ3n) is 4.71. The average Bonchev–Trinajstić information content (AvgIpc) is 2.61. The largest absolute Gasteiger partial charge is 0.0624 e. The monoisotopic (exact) mass is 116 g/mol. The van der Waals surface area contributed by atoms with Crippen molar-refractivity contribution in [2.75, 3.05) is 0 Å². The third-order valence-corrected chi connectivity index (χ3v) is 4.71. The van der Waals surface area contributed by atoms with E-state index in [0.717, 1.165) is 0 Å². The molecular formula is C9H8. The zero-order valence-electron chi connectivity index (χ0n) is 5.17. The topological polar surface area (TPSA) is 0 Å². The maximum absolute atomic E-state index is 1.99. The number of hydrogen-bond donors (Lipinski definition) is 0. The Kier molecular flexibility index (Phi) is 0.206. The standard InChI is InChI=1S/C9H8/c1-2-4-6-3(1)7-5(2)9(7)8(4)6/h2-7H,1H2/t2?,3?,4-,5-,6-,7+/m0/s1. The van der Waals surface area contributed by atoms with Crippen LogP contribution in [0.3, 0.4) is 0 Å². The van der Waals surface area contributed by atoms with Gasteiger partial charge in [0.15, 0.2) is 0 Å². The summed E-state index contributed by atoms with van der Waals surface area (Å²) >= 11 is 0. The van der Waals surface area contributed by atoms with Crippen LogP contribution in [0.25, 0.3) is 0 Å². The molecule has 0 heteroatoms. The van der Waals surface area contributed by atoms with Crippen molar-refractivity contribution in [3.63, 3.8) is 0 Å². The Morgan fingerprint density at radius 3 is 1.44 bits per heavy atom. The van der Waals surface area contributed by atoms with Gasteiger partial charge in [-0.05, 0) is 41.9 Å². The molecule has 9 heavy (non-hydrogen) atoms. The Hall–Kier alpha value is -0.260. The molecule has 2 bridgehead atoms. The predicted molar refractivity (Wildman–Crippen MR) is 32.6 cm³/mol. The molecule has 0 aromatic rings. The van der Waals surface area contributed by atoms with Gasteiger partial charge in [0.2, 0.25) is 0 Å². The summed E-state index contributed by atoms with van der Waals surface area (Å²) in [6, 6.07) is 0. The van der Waals surface area contributed by atoms with Crippen molar-refractivity contribution >= 4 is 0 Å². The van der Waals surface area contributed by atoms with Gasteiger partial charge in [0.25, 0.3) is 0 Å². The van der Waals surface area contributed by atoms with E-state index in [1.54, 1.807) is 6.42 Å². The highest BCUT2D eigenvalue weighted by Crippen LogP contribution is 2.91. The molecule has 0 heterocycles. The number of allylic oxidation sites excluding steroid dienone is 2. The quantitative estimate of drug-likeness (QED) is 0.420. The predicted octanol–water partition coefficient (Wildman–Crippen LogP) is 1.44. The maximum Gasteiger partial charge on any atom is -0.00941 e. The van der Waals surface area contributed by atoms with E-state index in [4.69, 9.17) is 0 Å². The summed E-state index contributed by atoms with van der Waals surface area (Å²) in [6.07, 6.45) is 1.64. The molecule has 4 saturated carbocycles. The summed E-state index contributed by atoms with van der Waals surface area (Å²) in [5.74, 6) is 7.21. The number of rotatable bonds is 0. The highest BCUT2D eigenvalue weighted by Gasteiger charge is 2.84. The Bertz CT molecular complexity index is 234. The molecule has 0 saturated heterocycles. The van der Waals surface area contributed by atoms with Crippen LogP contribution >= 0.6 is 0 Å². The summed E-state index contributed by atoms with van der Waals surface area (Å²) < 4.78 is 0. The van der Waals surface area contributed by atoms with E-state index >= 15 is 0 Å². The van der Waals surface area contributed by atoms with Gasteiger partial charge in [0.05, 0.1) is 0 Å². The highest BCUT2D eigenvalue weighted by molar-refractivity contribution is 5.64. The van der Waals surface area contributed by atoms with Crippen molar-refractivity contribution in [1.82, 2.24) is 0 Å². The van der Waals surface area contributed by atoms with Crippen molar-refractivity contribution in [1.29, 1.82) is 0 Å². The van der Waals surface area contributed by atoms with Gasteiger partial charge >= 0.3 is 0 Å². The molecule has 0 amide bonds. The van der Waals surface area contributed by atoms with E-state index in [9.17, 15) is 0 Å². The minimum absolute atomic E-state index is 1.19. The van der Waals surface area contributed by atoms with Crippen LogP contribution in [0.15, 0.2) is 11.1 Å². The summed E-state index contributed by atoms with van der Waals surface area (Å²) in [7, 11) is 0. The van der Waals surface area contributed by atoms with Crippen LogP contribution in [-0.4, -0.2) is 0 Å². The molecule has 0 aromatic heterocycles. The first-order valence-corrected chi connectivity index (χ1v) is 4.22. The van der Waals surface area contributed by atoms with Crippen LogP contribution in [0.5, 0.6) is 0 Å². The van der Waals surface area contributed by atoms with Gasteiger partial charge in [-0.1, -0.05) is 11.1 Å². The highest BCUT2D eigenvalue weighted by atomic mass is 14.9. The van der Waals surface area contributed by atoms with Gasteiger partial charge in [-0.25, -0.2) is 0 Å². The molecule has 0 spiro atoms. The van der Waals surface area contributed by atoms with Crippen LogP contribution in [0, 0.1) is 35.5 Å². The molecule has 0 radical (unpaired) electrons. The Balaban J connectivity index is 2.15. The van der Waals surface area contributed by atoms with E-state index in [1.807, 2.05) is 11.1 Å². The van der Waals surface area contributed by atoms with E-state index < -0.39 is 0 Å². The van der Waals surface area contributed by atoms with E-state index in [1.165, 1.54) is 35.5 Å². The second-order valence-corrected chi connectivity index (χ2v) is 4.58. The Labute approximate surface area is 53.9 Å². The first-order chi connectivity index (χ1) is 4.48.